The third-order valence-corrected chi connectivity index (χ3v) is 5.45. The van der Waals surface area contributed by atoms with Crippen LogP contribution >= 0.6 is 0 Å². The summed E-state index contributed by atoms with van der Waals surface area (Å²) >= 11 is 0. The first-order valence-electron chi connectivity index (χ1n) is 10.4. The molecule has 32 heavy (non-hydrogen) atoms. The van der Waals surface area contributed by atoms with E-state index in [0.717, 1.165) is 28.2 Å². The van der Waals surface area contributed by atoms with Crippen LogP contribution in [0.3, 0.4) is 0 Å². The molecule has 1 aromatic heterocycles. The number of ether oxygens (including phenoxy) is 2. The predicted octanol–water partition coefficient (Wildman–Crippen LogP) is 5.40. The van der Waals surface area contributed by atoms with E-state index in [2.05, 4.69) is 9.88 Å². The summed E-state index contributed by atoms with van der Waals surface area (Å²) in [6, 6.07) is 27.6. The van der Waals surface area contributed by atoms with Crippen LogP contribution in [-0.4, -0.2) is 24.7 Å². The van der Waals surface area contributed by atoms with Crippen LogP contribution in [0.4, 0.5) is 0 Å². The first-order valence-corrected chi connectivity index (χ1v) is 10.4. The Morgan fingerprint density at radius 1 is 0.844 bits per heavy atom. The molecule has 1 N–H and O–H groups in total. The standard InChI is InChI=1S/C27H26N2O3/c1-19-25(27(30)28-18-20-10-6-4-7-11-20)17-26(21-12-8-5-9-13-21)29(19)22-14-23(31-2)16-24(15-22)32-3/h4-17H,18H2,1-3H3,(H,28,30). The number of nitrogens with zero attached hydrogens (tertiary/aromatic N) is 1. The number of carbonyl (C=O) groups excluding carboxylic acids is 1. The number of methoxy groups -OCH3 is 2. The molecule has 1 heterocycles. The van der Waals surface area contributed by atoms with Crippen LogP contribution in [0.1, 0.15) is 21.6 Å². The largest absolute Gasteiger partial charge is 0.497 e. The Bertz CT molecular complexity index is 1190. The highest BCUT2D eigenvalue weighted by atomic mass is 16.5. The molecule has 0 aliphatic heterocycles. The van der Waals surface area contributed by atoms with Crippen molar-refractivity contribution in [2.75, 3.05) is 14.2 Å². The van der Waals surface area contributed by atoms with E-state index in [1.54, 1.807) is 14.2 Å². The van der Waals surface area contributed by atoms with E-state index in [9.17, 15) is 4.79 Å². The van der Waals surface area contributed by atoms with Crippen molar-refractivity contribution in [2.45, 2.75) is 13.5 Å². The van der Waals surface area contributed by atoms with E-state index in [4.69, 9.17) is 9.47 Å². The Hall–Kier alpha value is -3.99. The zero-order valence-corrected chi connectivity index (χ0v) is 18.5. The summed E-state index contributed by atoms with van der Waals surface area (Å²) in [4.78, 5) is 13.1. The van der Waals surface area contributed by atoms with Gasteiger partial charge in [0.05, 0.1) is 31.2 Å². The number of carbonyl (C=O) groups is 1. The van der Waals surface area contributed by atoms with E-state index < -0.39 is 0 Å². The molecule has 0 atom stereocenters. The van der Waals surface area contributed by atoms with Crippen LogP contribution < -0.4 is 14.8 Å². The first-order chi connectivity index (χ1) is 15.6. The topological polar surface area (TPSA) is 52.5 Å². The minimum absolute atomic E-state index is 0.114. The van der Waals surface area contributed by atoms with Crippen LogP contribution in [0.25, 0.3) is 16.9 Å². The number of amides is 1. The molecule has 5 nitrogen and oxygen atoms in total. The molecule has 0 radical (unpaired) electrons. The van der Waals surface area contributed by atoms with Gasteiger partial charge in [-0.3, -0.25) is 4.79 Å². The number of nitrogens with one attached hydrogen (secondary N) is 1. The van der Waals surface area contributed by atoms with Gasteiger partial charge in [0.25, 0.3) is 5.91 Å². The molecule has 0 fully saturated rings. The third kappa shape index (κ3) is 4.37. The lowest BCUT2D eigenvalue weighted by Gasteiger charge is -2.15. The van der Waals surface area contributed by atoms with Gasteiger partial charge >= 0.3 is 0 Å². The van der Waals surface area contributed by atoms with Gasteiger partial charge in [-0.05, 0) is 24.1 Å². The van der Waals surface area contributed by atoms with Crippen molar-refractivity contribution in [3.63, 3.8) is 0 Å². The molecule has 0 aliphatic rings. The van der Waals surface area contributed by atoms with Crippen LogP contribution in [0, 0.1) is 6.92 Å². The van der Waals surface area contributed by atoms with E-state index in [1.165, 1.54) is 0 Å². The van der Waals surface area contributed by atoms with E-state index in [0.29, 0.717) is 23.6 Å². The lowest BCUT2D eigenvalue weighted by Crippen LogP contribution is -2.23. The average molecular weight is 427 g/mol. The summed E-state index contributed by atoms with van der Waals surface area (Å²) in [5, 5.41) is 3.04. The Morgan fingerprint density at radius 2 is 1.44 bits per heavy atom. The van der Waals surface area contributed by atoms with Crippen molar-refractivity contribution in [3.8, 4) is 28.4 Å². The summed E-state index contributed by atoms with van der Waals surface area (Å²) in [6.07, 6.45) is 0. The van der Waals surface area contributed by atoms with Gasteiger partial charge in [0.15, 0.2) is 0 Å². The zero-order chi connectivity index (χ0) is 22.5. The number of hydrogen-bond donors (Lipinski definition) is 1. The van der Waals surface area contributed by atoms with Crippen molar-refractivity contribution in [1.29, 1.82) is 0 Å². The molecular weight excluding hydrogens is 400 g/mol. The molecule has 162 valence electrons. The molecule has 0 saturated heterocycles. The summed E-state index contributed by atoms with van der Waals surface area (Å²) in [5.41, 5.74) is 5.31. The lowest BCUT2D eigenvalue weighted by atomic mass is 10.1. The smallest absolute Gasteiger partial charge is 0.253 e. The minimum atomic E-state index is -0.114. The summed E-state index contributed by atoms with van der Waals surface area (Å²) < 4.78 is 13.0. The van der Waals surface area contributed by atoms with Crippen molar-refractivity contribution in [2.24, 2.45) is 0 Å². The molecule has 1 amide bonds. The number of benzene rings is 3. The van der Waals surface area contributed by atoms with Crippen molar-refractivity contribution in [1.82, 2.24) is 9.88 Å². The molecule has 0 aliphatic carbocycles. The molecule has 0 saturated carbocycles. The fourth-order valence-electron chi connectivity index (χ4n) is 3.79. The van der Waals surface area contributed by atoms with E-state index >= 15 is 0 Å². The highest BCUT2D eigenvalue weighted by Gasteiger charge is 2.20. The van der Waals surface area contributed by atoms with Gasteiger partial charge in [0.2, 0.25) is 0 Å². The number of hydrogen-bond acceptors (Lipinski definition) is 3. The lowest BCUT2D eigenvalue weighted by molar-refractivity contribution is 0.0950. The number of rotatable bonds is 7. The van der Waals surface area contributed by atoms with Crippen LogP contribution in [0.15, 0.2) is 84.9 Å². The Balaban J connectivity index is 1.79. The second kappa shape index (κ2) is 9.43. The van der Waals surface area contributed by atoms with Crippen LogP contribution in [-0.2, 0) is 6.54 Å². The van der Waals surface area contributed by atoms with E-state index in [-0.39, 0.29) is 5.91 Å². The maximum absolute atomic E-state index is 13.1. The average Bonchev–Trinajstić information content (AvgIpc) is 3.20. The highest BCUT2D eigenvalue weighted by Crippen LogP contribution is 2.33. The van der Waals surface area contributed by atoms with Crippen molar-refractivity contribution in [3.05, 3.63) is 102 Å². The van der Waals surface area contributed by atoms with Gasteiger partial charge in [0.1, 0.15) is 11.5 Å². The molecular formula is C27H26N2O3. The SMILES string of the molecule is COc1cc(OC)cc(-n2c(-c3ccccc3)cc(C(=O)NCc3ccccc3)c2C)c1. The quantitative estimate of drug-likeness (QED) is 0.430. The zero-order valence-electron chi connectivity index (χ0n) is 18.5. The summed E-state index contributed by atoms with van der Waals surface area (Å²) in [7, 11) is 3.25. The van der Waals surface area contributed by atoms with Crippen molar-refractivity contribution < 1.29 is 14.3 Å². The Morgan fingerprint density at radius 3 is 2.03 bits per heavy atom. The summed E-state index contributed by atoms with van der Waals surface area (Å²) in [6.45, 7) is 2.42. The molecule has 4 aromatic rings. The maximum atomic E-state index is 13.1. The van der Waals surface area contributed by atoms with Gasteiger partial charge in [-0.2, -0.15) is 0 Å². The number of aromatic nitrogens is 1. The molecule has 5 heteroatoms. The second-order valence-corrected chi connectivity index (χ2v) is 7.47. The fourth-order valence-corrected chi connectivity index (χ4v) is 3.79. The Kier molecular flexibility index (Phi) is 6.26. The molecule has 0 unspecified atom stereocenters. The van der Waals surface area contributed by atoms with Gasteiger partial charge in [-0.1, -0.05) is 60.7 Å². The van der Waals surface area contributed by atoms with E-state index in [1.807, 2.05) is 91.9 Å². The summed E-state index contributed by atoms with van der Waals surface area (Å²) in [5.74, 6) is 1.25. The first kappa shape index (κ1) is 21.2. The van der Waals surface area contributed by atoms with Crippen LogP contribution in [0.5, 0.6) is 11.5 Å². The second-order valence-electron chi connectivity index (χ2n) is 7.47. The monoisotopic (exact) mass is 426 g/mol. The molecule has 4 rings (SSSR count). The Labute approximate surface area is 188 Å². The van der Waals surface area contributed by atoms with Gasteiger partial charge in [-0.25, -0.2) is 0 Å². The minimum Gasteiger partial charge on any atom is -0.497 e. The molecule has 3 aromatic carbocycles. The predicted molar refractivity (Wildman–Crippen MR) is 127 cm³/mol. The molecule has 0 bridgehead atoms. The molecule has 0 spiro atoms. The normalized spacial score (nSPS) is 10.6. The van der Waals surface area contributed by atoms with Crippen LogP contribution in [0.2, 0.25) is 0 Å². The fraction of sp³-hybridized carbons (Fsp3) is 0.148. The van der Waals surface area contributed by atoms with Gasteiger partial charge < -0.3 is 19.4 Å². The third-order valence-electron chi connectivity index (χ3n) is 5.45. The highest BCUT2D eigenvalue weighted by molar-refractivity contribution is 5.97. The van der Waals surface area contributed by atoms with Gasteiger partial charge in [0, 0.05) is 30.4 Å². The maximum Gasteiger partial charge on any atom is 0.253 e. The van der Waals surface area contributed by atoms with Crippen molar-refractivity contribution >= 4 is 5.91 Å². The van der Waals surface area contributed by atoms with Gasteiger partial charge in [-0.15, -0.1) is 0 Å².